The number of halogens is 1. The van der Waals surface area contributed by atoms with E-state index in [1.54, 1.807) is 25.1 Å². The molecule has 2 heterocycles. The van der Waals surface area contributed by atoms with E-state index >= 15 is 0 Å². The maximum atomic E-state index is 13.4. The molecule has 2 aromatic carbocycles. The van der Waals surface area contributed by atoms with Crippen molar-refractivity contribution < 1.29 is 33.1 Å². The summed E-state index contributed by atoms with van der Waals surface area (Å²) in [5, 5.41) is 14.9. The molecule has 1 aliphatic heterocycles. The van der Waals surface area contributed by atoms with Crippen LogP contribution >= 0.6 is 0 Å². The average Bonchev–Trinajstić information content (AvgIpc) is 3.33. The van der Waals surface area contributed by atoms with E-state index in [1.165, 1.54) is 32.4 Å². The average molecular weight is 438 g/mol. The number of rotatable bonds is 5. The Balaban J connectivity index is 2.00. The van der Waals surface area contributed by atoms with Crippen molar-refractivity contribution in [2.24, 2.45) is 0 Å². The molecule has 164 valence electrons. The summed E-state index contributed by atoms with van der Waals surface area (Å²) in [6, 6.07) is 10.2. The number of aromatic nitrogens is 1. The number of hydrogen-bond donors (Lipinski definition) is 1. The normalized spacial score (nSPS) is 17.6. The first kappa shape index (κ1) is 21.1. The number of benzene rings is 2. The van der Waals surface area contributed by atoms with Crippen LogP contribution in [0.1, 0.15) is 22.9 Å². The summed E-state index contributed by atoms with van der Waals surface area (Å²) >= 11 is 0. The molecule has 1 amide bonds. The van der Waals surface area contributed by atoms with Crippen LogP contribution in [0.25, 0.3) is 5.76 Å². The van der Waals surface area contributed by atoms with Crippen molar-refractivity contribution in [3.8, 4) is 11.5 Å². The molecule has 1 atom stereocenters. The number of aliphatic hydroxyl groups is 1. The molecule has 1 aliphatic rings. The molecule has 1 saturated heterocycles. The molecule has 4 rings (SSSR count). The third-order valence-electron chi connectivity index (χ3n) is 5.16. The van der Waals surface area contributed by atoms with Crippen molar-refractivity contribution >= 4 is 23.3 Å². The number of nitrogens with zero attached hydrogens (tertiary/aromatic N) is 2. The van der Waals surface area contributed by atoms with Crippen LogP contribution in [0.3, 0.4) is 0 Å². The number of amides is 1. The van der Waals surface area contributed by atoms with Crippen LogP contribution in [0.2, 0.25) is 0 Å². The SMILES string of the molecule is COc1ccc(OC)c(C2C(=C(O)c3ccc(F)cc3)C(=O)C(=O)N2c2cc(C)on2)c1. The van der Waals surface area contributed by atoms with E-state index in [2.05, 4.69) is 5.16 Å². The monoisotopic (exact) mass is 438 g/mol. The summed E-state index contributed by atoms with van der Waals surface area (Å²) < 4.78 is 29.3. The summed E-state index contributed by atoms with van der Waals surface area (Å²) in [5.74, 6) is -1.47. The lowest BCUT2D eigenvalue weighted by atomic mass is 9.94. The van der Waals surface area contributed by atoms with E-state index in [0.717, 1.165) is 17.0 Å². The highest BCUT2D eigenvalue weighted by molar-refractivity contribution is 6.51. The summed E-state index contributed by atoms with van der Waals surface area (Å²) in [4.78, 5) is 27.3. The number of anilines is 1. The van der Waals surface area contributed by atoms with Crippen LogP contribution < -0.4 is 14.4 Å². The van der Waals surface area contributed by atoms with Gasteiger partial charge in [-0.3, -0.25) is 14.5 Å². The molecule has 8 nitrogen and oxygen atoms in total. The Kier molecular flexibility index (Phi) is 5.40. The number of hydrogen-bond acceptors (Lipinski definition) is 7. The number of Topliss-reactive ketones (excluding diaryl/α,β-unsaturated/α-hetero) is 1. The molecule has 0 saturated carbocycles. The standard InChI is InChI=1S/C23H19FN2O6/c1-12-10-18(25-32-12)26-20(16-11-15(30-2)8-9-17(16)31-3)19(22(28)23(26)29)21(27)13-4-6-14(24)7-5-13/h4-11,20,27H,1-3H3. The zero-order valence-electron chi connectivity index (χ0n) is 17.5. The van der Waals surface area contributed by atoms with Gasteiger partial charge in [-0.15, -0.1) is 0 Å². The molecule has 0 radical (unpaired) electrons. The van der Waals surface area contributed by atoms with Gasteiger partial charge in [-0.25, -0.2) is 4.39 Å². The lowest BCUT2D eigenvalue weighted by molar-refractivity contribution is -0.132. The Morgan fingerprint density at radius 2 is 1.81 bits per heavy atom. The lowest BCUT2D eigenvalue weighted by Gasteiger charge is -2.24. The van der Waals surface area contributed by atoms with Crippen LogP contribution in [0.15, 0.2) is 58.6 Å². The molecular formula is C23H19FN2O6. The number of carbonyl (C=O) groups excluding carboxylic acids is 2. The second-order valence-corrected chi connectivity index (χ2v) is 7.08. The molecule has 9 heteroatoms. The smallest absolute Gasteiger partial charge is 0.301 e. The fourth-order valence-electron chi connectivity index (χ4n) is 3.65. The molecule has 0 spiro atoms. The Morgan fingerprint density at radius 3 is 2.41 bits per heavy atom. The minimum absolute atomic E-state index is 0.0950. The second kappa shape index (κ2) is 8.18. The molecule has 1 unspecified atom stereocenters. The quantitative estimate of drug-likeness (QED) is 0.368. The number of aliphatic hydroxyl groups excluding tert-OH is 1. The van der Waals surface area contributed by atoms with Gasteiger partial charge in [0.2, 0.25) is 0 Å². The van der Waals surface area contributed by atoms with Crippen molar-refractivity contribution in [1.82, 2.24) is 5.16 Å². The van der Waals surface area contributed by atoms with Crippen LogP contribution in [-0.2, 0) is 9.59 Å². The summed E-state index contributed by atoms with van der Waals surface area (Å²) in [7, 11) is 2.92. The largest absolute Gasteiger partial charge is 0.507 e. The lowest BCUT2D eigenvalue weighted by Crippen LogP contribution is -2.30. The highest BCUT2D eigenvalue weighted by Gasteiger charge is 2.49. The van der Waals surface area contributed by atoms with Gasteiger partial charge in [0, 0.05) is 17.2 Å². The molecule has 3 aromatic rings. The first-order valence-corrected chi connectivity index (χ1v) is 9.58. The Morgan fingerprint density at radius 1 is 1.09 bits per heavy atom. The maximum absolute atomic E-state index is 13.4. The van der Waals surface area contributed by atoms with Crippen molar-refractivity contribution in [3.63, 3.8) is 0 Å². The van der Waals surface area contributed by atoms with E-state index in [0.29, 0.717) is 22.8 Å². The van der Waals surface area contributed by atoms with E-state index in [4.69, 9.17) is 14.0 Å². The summed E-state index contributed by atoms with van der Waals surface area (Å²) in [6.45, 7) is 1.65. The first-order chi connectivity index (χ1) is 15.3. The zero-order valence-corrected chi connectivity index (χ0v) is 17.5. The first-order valence-electron chi connectivity index (χ1n) is 9.58. The van der Waals surface area contributed by atoms with Crippen molar-refractivity contribution in [3.05, 3.63) is 76.8 Å². The van der Waals surface area contributed by atoms with Crippen molar-refractivity contribution in [2.75, 3.05) is 19.1 Å². The fourth-order valence-corrected chi connectivity index (χ4v) is 3.65. The third-order valence-corrected chi connectivity index (χ3v) is 5.16. The second-order valence-electron chi connectivity index (χ2n) is 7.08. The van der Waals surface area contributed by atoms with E-state index in [-0.39, 0.29) is 17.0 Å². The number of ketones is 1. The number of ether oxygens (including phenoxy) is 2. The molecule has 0 aliphatic carbocycles. The fraction of sp³-hybridized carbons (Fsp3) is 0.174. The predicted molar refractivity (Wildman–Crippen MR) is 112 cm³/mol. The van der Waals surface area contributed by atoms with Gasteiger partial charge < -0.3 is 19.1 Å². The van der Waals surface area contributed by atoms with Crippen LogP contribution in [0.4, 0.5) is 10.2 Å². The zero-order chi connectivity index (χ0) is 23.0. The van der Waals surface area contributed by atoms with Crippen LogP contribution in [0.5, 0.6) is 11.5 Å². The van der Waals surface area contributed by atoms with Crippen LogP contribution in [0, 0.1) is 12.7 Å². The number of aryl methyl sites for hydroxylation is 1. The minimum Gasteiger partial charge on any atom is -0.507 e. The molecule has 1 N–H and O–H groups in total. The Labute approximate surface area is 182 Å². The Bertz CT molecular complexity index is 1230. The highest BCUT2D eigenvalue weighted by Crippen LogP contribution is 2.45. The van der Waals surface area contributed by atoms with Gasteiger partial charge in [-0.05, 0) is 49.4 Å². The van der Waals surface area contributed by atoms with Crippen molar-refractivity contribution in [2.45, 2.75) is 13.0 Å². The van der Waals surface area contributed by atoms with E-state index in [1.807, 2.05) is 0 Å². The van der Waals surface area contributed by atoms with E-state index in [9.17, 15) is 19.1 Å². The Hall–Kier alpha value is -4.14. The molecule has 1 fully saturated rings. The topological polar surface area (TPSA) is 102 Å². The number of carbonyl (C=O) groups is 2. The van der Waals surface area contributed by atoms with Gasteiger partial charge in [0.1, 0.15) is 34.9 Å². The van der Waals surface area contributed by atoms with Gasteiger partial charge in [-0.2, -0.15) is 0 Å². The third kappa shape index (κ3) is 3.47. The number of methoxy groups -OCH3 is 2. The highest BCUT2D eigenvalue weighted by atomic mass is 19.1. The molecule has 1 aromatic heterocycles. The molecule has 32 heavy (non-hydrogen) atoms. The maximum Gasteiger partial charge on any atom is 0.301 e. The summed E-state index contributed by atoms with van der Waals surface area (Å²) in [6.07, 6.45) is 0. The minimum atomic E-state index is -1.10. The van der Waals surface area contributed by atoms with Gasteiger partial charge in [-0.1, -0.05) is 5.16 Å². The van der Waals surface area contributed by atoms with Gasteiger partial charge in [0.15, 0.2) is 5.82 Å². The predicted octanol–water partition coefficient (Wildman–Crippen LogP) is 3.77. The summed E-state index contributed by atoms with van der Waals surface area (Å²) in [5.41, 5.74) is 0.358. The van der Waals surface area contributed by atoms with Crippen molar-refractivity contribution in [1.29, 1.82) is 0 Å². The molecular weight excluding hydrogens is 419 g/mol. The van der Waals surface area contributed by atoms with Gasteiger partial charge in [0.05, 0.1) is 19.8 Å². The van der Waals surface area contributed by atoms with Gasteiger partial charge >= 0.3 is 5.91 Å². The van der Waals surface area contributed by atoms with Gasteiger partial charge in [0.25, 0.3) is 5.78 Å². The molecule has 0 bridgehead atoms. The van der Waals surface area contributed by atoms with E-state index < -0.39 is 29.3 Å². The van der Waals surface area contributed by atoms with Crippen LogP contribution in [-0.4, -0.2) is 36.2 Å².